The summed E-state index contributed by atoms with van der Waals surface area (Å²) in [6.07, 6.45) is 2.66. The first kappa shape index (κ1) is 23.8. The van der Waals surface area contributed by atoms with Crippen LogP contribution in [-0.4, -0.2) is 26.8 Å². The van der Waals surface area contributed by atoms with E-state index in [1.54, 1.807) is 48.7 Å². The highest BCUT2D eigenvalue weighted by atomic mass is 35.5. The first-order valence-electron chi connectivity index (χ1n) is 9.56. The quantitative estimate of drug-likeness (QED) is 0.373. The van der Waals surface area contributed by atoms with Crippen molar-refractivity contribution in [3.63, 3.8) is 0 Å². The number of nitrogens with one attached hydrogen (secondary N) is 1. The standard InChI is InChI=1S/C23H21Cl2N3O3S/c1-16-5-3-6-18(13-16)14-26-27-23(29)19-11-9-17(10-12-19)15-28(32(2,30)31)21-8-4-7-20(24)22(21)25/h3-14H,15H2,1-2H3,(H,27,29)/b26-14-. The number of halogens is 2. The Morgan fingerprint density at radius 3 is 2.41 bits per heavy atom. The van der Waals surface area contributed by atoms with E-state index in [4.69, 9.17) is 23.2 Å². The van der Waals surface area contributed by atoms with E-state index in [2.05, 4.69) is 10.5 Å². The second kappa shape index (κ2) is 10.2. The zero-order valence-electron chi connectivity index (χ0n) is 17.4. The molecule has 0 radical (unpaired) electrons. The number of rotatable bonds is 7. The monoisotopic (exact) mass is 489 g/mol. The van der Waals surface area contributed by atoms with E-state index < -0.39 is 10.0 Å². The maximum Gasteiger partial charge on any atom is 0.271 e. The van der Waals surface area contributed by atoms with Gasteiger partial charge in [-0.2, -0.15) is 5.10 Å². The molecule has 0 saturated carbocycles. The number of benzene rings is 3. The highest BCUT2D eigenvalue weighted by Crippen LogP contribution is 2.34. The first-order valence-corrected chi connectivity index (χ1v) is 12.2. The highest BCUT2D eigenvalue weighted by molar-refractivity contribution is 7.92. The minimum absolute atomic E-state index is 0.0340. The predicted octanol–water partition coefficient (Wildman–Crippen LogP) is 5.03. The maximum absolute atomic E-state index is 12.4. The number of aryl methyl sites for hydroxylation is 1. The molecule has 0 aliphatic rings. The summed E-state index contributed by atoms with van der Waals surface area (Å²) < 4.78 is 25.9. The SMILES string of the molecule is Cc1cccc(/C=N\NC(=O)c2ccc(CN(c3cccc(Cl)c3Cl)S(C)(=O)=O)cc2)c1. The molecule has 1 amide bonds. The molecule has 3 aromatic carbocycles. The molecule has 0 heterocycles. The van der Waals surface area contributed by atoms with E-state index in [9.17, 15) is 13.2 Å². The van der Waals surface area contributed by atoms with Gasteiger partial charge in [0.2, 0.25) is 10.0 Å². The topological polar surface area (TPSA) is 78.8 Å². The molecule has 0 saturated heterocycles. The minimum atomic E-state index is -3.63. The van der Waals surface area contributed by atoms with Crippen molar-refractivity contribution in [1.29, 1.82) is 0 Å². The van der Waals surface area contributed by atoms with Crippen molar-refractivity contribution < 1.29 is 13.2 Å². The molecular formula is C23H21Cl2N3O3S. The Morgan fingerprint density at radius 2 is 1.75 bits per heavy atom. The molecule has 9 heteroatoms. The average molecular weight is 490 g/mol. The largest absolute Gasteiger partial charge is 0.271 e. The Kier molecular flexibility index (Phi) is 7.56. The van der Waals surface area contributed by atoms with Gasteiger partial charge in [0.15, 0.2) is 0 Å². The number of sulfonamides is 1. The second-order valence-corrected chi connectivity index (χ2v) is 9.84. The third kappa shape index (κ3) is 6.09. The first-order chi connectivity index (χ1) is 15.1. The molecule has 166 valence electrons. The van der Waals surface area contributed by atoms with Gasteiger partial charge in [-0.1, -0.05) is 71.2 Å². The fraction of sp³-hybridized carbons (Fsp3) is 0.130. The fourth-order valence-corrected chi connectivity index (χ4v) is 4.31. The molecule has 0 aliphatic carbocycles. The van der Waals surface area contributed by atoms with Gasteiger partial charge in [-0.25, -0.2) is 13.8 Å². The van der Waals surface area contributed by atoms with Crippen LogP contribution in [0.5, 0.6) is 0 Å². The van der Waals surface area contributed by atoms with E-state index >= 15 is 0 Å². The molecule has 0 unspecified atom stereocenters. The maximum atomic E-state index is 12.4. The van der Waals surface area contributed by atoms with Crippen molar-refractivity contribution in [3.8, 4) is 0 Å². The fourth-order valence-electron chi connectivity index (χ4n) is 2.97. The Morgan fingerprint density at radius 1 is 1.06 bits per heavy atom. The van der Waals surface area contributed by atoms with Gasteiger partial charge in [0.25, 0.3) is 5.91 Å². The minimum Gasteiger partial charge on any atom is -0.267 e. The van der Waals surface area contributed by atoms with Gasteiger partial charge in [0, 0.05) is 5.56 Å². The number of nitrogens with zero attached hydrogens (tertiary/aromatic N) is 2. The van der Waals surface area contributed by atoms with Crippen LogP contribution in [-0.2, 0) is 16.6 Å². The van der Waals surface area contributed by atoms with Crippen LogP contribution in [0.1, 0.15) is 27.0 Å². The highest BCUT2D eigenvalue weighted by Gasteiger charge is 2.21. The summed E-state index contributed by atoms with van der Waals surface area (Å²) in [4.78, 5) is 12.3. The smallest absolute Gasteiger partial charge is 0.267 e. The van der Waals surface area contributed by atoms with E-state index in [-0.39, 0.29) is 28.2 Å². The Hall–Kier alpha value is -2.87. The molecule has 1 N–H and O–H groups in total. The summed E-state index contributed by atoms with van der Waals surface area (Å²) >= 11 is 12.3. The van der Waals surface area contributed by atoms with Crippen molar-refractivity contribution in [2.75, 3.05) is 10.6 Å². The van der Waals surface area contributed by atoms with Crippen LogP contribution in [0.3, 0.4) is 0 Å². The van der Waals surface area contributed by atoms with E-state index in [1.165, 1.54) is 4.31 Å². The molecule has 0 fully saturated rings. The lowest BCUT2D eigenvalue weighted by molar-refractivity contribution is 0.0955. The summed E-state index contributed by atoms with van der Waals surface area (Å²) in [6, 6.07) is 19.1. The van der Waals surface area contributed by atoms with Crippen LogP contribution in [0.4, 0.5) is 5.69 Å². The van der Waals surface area contributed by atoms with Crippen molar-refractivity contribution in [2.24, 2.45) is 5.10 Å². The van der Waals surface area contributed by atoms with Crippen molar-refractivity contribution in [3.05, 3.63) is 99.0 Å². The number of hydrogen-bond donors (Lipinski definition) is 1. The van der Waals surface area contributed by atoms with Crippen molar-refractivity contribution in [2.45, 2.75) is 13.5 Å². The van der Waals surface area contributed by atoms with Crippen LogP contribution < -0.4 is 9.73 Å². The average Bonchev–Trinajstić information content (AvgIpc) is 2.74. The molecule has 6 nitrogen and oxygen atoms in total. The van der Waals surface area contributed by atoms with Crippen molar-refractivity contribution >= 4 is 51.0 Å². The Balaban J connectivity index is 1.72. The van der Waals surface area contributed by atoms with Crippen LogP contribution >= 0.6 is 23.2 Å². The summed E-state index contributed by atoms with van der Waals surface area (Å²) in [7, 11) is -3.63. The van der Waals surface area contributed by atoms with E-state index in [0.717, 1.165) is 17.4 Å². The Bertz CT molecular complexity index is 1260. The molecule has 32 heavy (non-hydrogen) atoms. The molecule has 3 rings (SSSR count). The molecule has 0 atom stereocenters. The van der Waals surface area contributed by atoms with Gasteiger partial charge in [0.1, 0.15) is 0 Å². The summed E-state index contributed by atoms with van der Waals surface area (Å²) in [6.45, 7) is 2.01. The summed E-state index contributed by atoms with van der Waals surface area (Å²) in [5.41, 5.74) is 5.80. The number of hydrazone groups is 1. The third-order valence-corrected chi connectivity index (χ3v) is 6.50. The van der Waals surface area contributed by atoms with E-state index in [0.29, 0.717) is 11.1 Å². The molecule has 0 aromatic heterocycles. The van der Waals surface area contributed by atoms with Gasteiger partial charge < -0.3 is 0 Å². The number of anilines is 1. The summed E-state index contributed by atoms with van der Waals surface area (Å²) in [5.74, 6) is -0.377. The van der Waals surface area contributed by atoms with Gasteiger partial charge in [-0.15, -0.1) is 0 Å². The molecule has 0 spiro atoms. The van der Waals surface area contributed by atoms with Crippen LogP contribution in [0, 0.1) is 6.92 Å². The molecule has 0 bridgehead atoms. The van der Waals surface area contributed by atoms with Gasteiger partial charge >= 0.3 is 0 Å². The Labute approximate surface area is 197 Å². The lowest BCUT2D eigenvalue weighted by Crippen LogP contribution is -2.29. The van der Waals surface area contributed by atoms with Crippen LogP contribution in [0.25, 0.3) is 0 Å². The normalized spacial score (nSPS) is 11.5. The van der Waals surface area contributed by atoms with E-state index in [1.807, 2.05) is 31.2 Å². The predicted molar refractivity (Wildman–Crippen MR) is 130 cm³/mol. The van der Waals surface area contributed by atoms with Crippen LogP contribution in [0.15, 0.2) is 71.8 Å². The number of hydrogen-bond acceptors (Lipinski definition) is 4. The molecular weight excluding hydrogens is 469 g/mol. The molecule has 0 aliphatic heterocycles. The van der Waals surface area contributed by atoms with Gasteiger partial charge in [0.05, 0.1) is 34.7 Å². The zero-order chi connectivity index (χ0) is 23.3. The number of amides is 1. The zero-order valence-corrected chi connectivity index (χ0v) is 19.7. The molecule has 3 aromatic rings. The van der Waals surface area contributed by atoms with Gasteiger partial charge in [-0.3, -0.25) is 9.10 Å². The lowest BCUT2D eigenvalue weighted by atomic mass is 10.1. The second-order valence-electron chi connectivity index (χ2n) is 7.15. The number of carbonyl (C=O) groups is 1. The van der Waals surface area contributed by atoms with Crippen molar-refractivity contribution in [1.82, 2.24) is 5.43 Å². The van der Waals surface area contributed by atoms with Crippen LogP contribution in [0.2, 0.25) is 10.0 Å². The number of carbonyl (C=O) groups excluding carboxylic acids is 1. The summed E-state index contributed by atoms with van der Waals surface area (Å²) in [5, 5.41) is 4.40. The lowest BCUT2D eigenvalue weighted by Gasteiger charge is -2.24. The third-order valence-electron chi connectivity index (χ3n) is 4.56. The van der Waals surface area contributed by atoms with Gasteiger partial charge in [-0.05, 0) is 42.3 Å².